The first kappa shape index (κ1) is 8.84. The molecule has 2 aromatic heterocycles. The number of rotatable bonds is 3. The number of imidazole rings is 1. The zero-order valence-electron chi connectivity index (χ0n) is 8.34. The summed E-state index contributed by atoms with van der Waals surface area (Å²) in [7, 11) is 1.94. The molecule has 1 fully saturated rings. The van der Waals surface area contributed by atoms with Crippen LogP contribution in [0.5, 0.6) is 0 Å². The molecule has 0 aromatic carbocycles. The molecule has 0 aliphatic heterocycles. The Morgan fingerprint density at radius 3 is 3.07 bits per heavy atom. The Kier molecular flexibility index (Phi) is 1.95. The first-order chi connectivity index (χ1) is 7.33. The van der Waals surface area contributed by atoms with Crippen molar-refractivity contribution in [3.05, 3.63) is 12.5 Å². The number of nitrogens with one attached hydrogen (secondary N) is 1. The molecule has 1 aliphatic rings. The van der Waals surface area contributed by atoms with Crippen molar-refractivity contribution in [2.45, 2.75) is 18.9 Å². The highest BCUT2D eigenvalue weighted by molar-refractivity contribution is 7.09. The molecule has 0 unspecified atom stereocenters. The summed E-state index contributed by atoms with van der Waals surface area (Å²) in [6, 6.07) is 0.623. The average molecular weight is 221 g/mol. The molecule has 0 amide bonds. The first-order valence-electron chi connectivity index (χ1n) is 4.90. The molecule has 1 aliphatic carbocycles. The predicted octanol–water partition coefficient (Wildman–Crippen LogP) is 1.51. The van der Waals surface area contributed by atoms with E-state index in [1.165, 1.54) is 24.4 Å². The summed E-state index contributed by atoms with van der Waals surface area (Å²) in [5.74, 6) is 0.753. The van der Waals surface area contributed by atoms with E-state index in [0.717, 1.165) is 16.6 Å². The Labute approximate surface area is 91.4 Å². The second-order valence-corrected chi connectivity index (χ2v) is 4.48. The van der Waals surface area contributed by atoms with Crippen molar-refractivity contribution in [2.24, 2.45) is 7.05 Å². The van der Waals surface area contributed by atoms with E-state index < -0.39 is 0 Å². The lowest BCUT2D eigenvalue weighted by Gasteiger charge is -1.96. The van der Waals surface area contributed by atoms with Crippen molar-refractivity contribution >= 4 is 16.7 Å². The molecule has 0 spiro atoms. The Hall–Kier alpha value is -1.43. The SMILES string of the molecule is Cn1cncc1-c1nsc(NC2CC2)n1. The first-order valence-corrected chi connectivity index (χ1v) is 5.67. The molecule has 15 heavy (non-hydrogen) atoms. The average Bonchev–Trinajstić information content (AvgIpc) is 2.74. The Morgan fingerprint density at radius 1 is 1.53 bits per heavy atom. The summed E-state index contributed by atoms with van der Waals surface area (Å²) in [6.07, 6.45) is 6.04. The van der Waals surface area contributed by atoms with Crippen LogP contribution in [0.2, 0.25) is 0 Å². The van der Waals surface area contributed by atoms with Gasteiger partial charge in [-0.25, -0.2) is 4.98 Å². The van der Waals surface area contributed by atoms with Crippen LogP contribution in [0.1, 0.15) is 12.8 Å². The lowest BCUT2D eigenvalue weighted by molar-refractivity contribution is 0.913. The van der Waals surface area contributed by atoms with Crippen molar-refractivity contribution in [1.29, 1.82) is 0 Å². The van der Waals surface area contributed by atoms with Crippen LogP contribution in [-0.4, -0.2) is 25.0 Å². The van der Waals surface area contributed by atoms with Gasteiger partial charge in [-0.15, -0.1) is 0 Å². The summed E-state index contributed by atoms with van der Waals surface area (Å²) in [5, 5.41) is 4.24. The molecule has 2 aromatic rings. The van der Waals surface area contributed by atoms with Gasteiger partial charge in [-0.05, 0) is 12.8 Å². The minimum Gasteiger partial charge on any atom is -0.358 e. The maximum absolute atomic E-state index is 4.43. The van der Waals surface area contributed by atoms with Gasteiger partial charge in [-0.3, -0.25) is 0 Å². The maximum atomic E-state index is 4.43. The van der Waals surface area contributed by atoms with E-state index in [-0.39, 0.29) is 0 Å². The van der Waals surface area contributed by atoms with Gasteiger partial charge in [0.15, 0.2) is 5.82 Å². The predicted molar refractivity (Wildman–Crippen MR) is 58.8 cm³/mol. The van der Waals surface area contributed by atoms with Crippen molar-refractivity contribution in [3.63, 3.8) is 0 Å². The lowest BCUT2D eigenvalue weighted by atomic mass is 10.4. The molecule has 78 valence electrons. The van der Waals surface area contributed by atoms with Gasteiger partial charge in [-0.2, -0.15) is 9.36 Å². The van der Waals surface area contributed by atoms with E-state index in [2.05, 4.69) is 19.7 Å². The molecule has 0 radical (unpaired) electrons. The topological polar surface area (TPSA) is 55.6 Å². The highest BCUT2D eigenvalue weighted by Crippen LogP contribution is 2.27. The highest BCUT2D eigenvalue weighted by Gasteiger charge is 2.22. The second-order valence-electron chi connectivity index (χ2n) is 3.73. The minimum absolute atomic E-state index is 0.623. The van der Waals surface area contributed by atoms with Gasteiger partial charge in [0.05, 0.1) is 12.5 Å². The number of nitrogens with zero attached hydrogens (tertiary/aromatic N) is 4. The molecular formula is C9H11N5S. The molecule has 1 N–H and O–H groups in total. The van der Waals surface area contributed by atoms with E-state index in [1.54, 1.807) is 12.5 Å². The number of aromatic nitrogens is 4. The van der Waals surface area contributed by atoms with E-state index in [0.29, 0.717) is 6.04 Å². The normalized spacial score (nSPS) is 15.5. The minimum atomic E-state index is 0.623. The fourth-order valence-corrected chi connectivity index (χ4v) is 2.02. The molecule has 1 saturated carbocycles. The van der Waals surface area contributed by atoms with Crippen LogP contribution in [0.4, 0.5) is 5.13 Å². The smallest absolute Gasteiger partial charge is 0.203 e. The standard InChI is InChI=1S/C9H11N5S/c1-14-5-10-4-7(14)8-12-9(15-13-8)11-6-2-3-6/h4-6H,2-3H2,1H3,(H,11,12,13). The monoisotopic (exact) mass is 221 g/mol. The number of hydrogen-bond donors (Lipinski definition) is 1. The van der Waals surface area contributed by atoms with Gasteiger partial charge < -0.3 is 9.88 Å². The summed E-state index contributed by atoms with van der Waals surface area (Å²) in [6.45, 7) is 0. The molecule has 3 rings (SSSR count). The third kappa shape index (κ3) is 1.72. The van der Waals surface area contributed by atoms with Gasteiger partial charge in [0.1, 0.15) is 5.69 Å². The van der Waals surface area contributed by atoms with Crippen LogP contribution in [0.25, 0.3) is 11.5 Å². The Bertz CT molecular complexity index is 470. The van der Waals surface area contributed by atoms with Gasteiger partial charge in [0, 0.05) is 24.6 Å². The zero-order chi connectivity index (χ0) is 10.3. The van der Waals surface area contributed by atoms with Crippen molar-refractivity contribution < 1.29 is 0 Å². The van der Waals surface area contributed by atoms with E-state index >= 15 is 0 Å². The molecule has 0 saturated heterocycles. The van der Waals surface area contributed by atoms with Crippen LogP contribution >= 0.6 is 11.5 Å². The number of hydrogen-bond acceptors (Lipinski definition) is 5. The van der Waals surface area contributed by atoms with Crippen molar-refractivity contribution in [1.82, 2.24) is 18.9 Å². The molecule has 0 atom stereocenters. The fourth-order valence-electron chi connectivity index (χ4n) is 1.36. The van der Waals surface area contributed by atoms with Crippen LogP contribution < -0.4 is 5.32 Å². The quantitative estimate of drug-likeness (QED) is 0.853. The molecule has 6 heteroatoms. The number of anilines is 1. The number of aryl methyl sites for hydroxylation is 1. The van der Waals surface area contributed by atoms with Gasteiger partial charge in [0.2, 0.25) is 5.13 Å². The van der Waals surface area contributed by atoms with Gasteiger partial charge in [-0.1, -0.05) is 0 Å². The van der Waals surface area contributed by atoms with Crippen LogP contribution in [-0.2, 0) is 7.05 Å². The van der Waals surface area contributed by atoms with Crippen molar-refractivity contribution in [3.8, 4) is 11.5 Å². The third-order valence-electron chi connectivity index (χ3n) is 2.38. The summed E-state index contributed by atoms with van der Waals surface area (Å²) >= 11 is 1.41. The molecular weight excluding hydrogens is 210 g/mol. The van der Waals surface area contributed by atoms with Crippen molar-refractivity contribution in [2.75, 3.05) is 5.32 Å². The fraction of sp³-hybridized carbons (Fsp3) is 0.444. The Morgan fingerprint density at radius 2 is 2.40 bits per heavy atom. The highest BCUT2D eigenvalue weighted by atomic mass is 32.1. The summed E-state index contributed by atoms with van der Waals surface area (Å²) < 4.78 is 6.23. The van der Waals surface area contributed by atoms with E-state index in [4.69, 9.17) is 0 Å². The van der Waals surface area contributed by atoms with Crippen LogP contribution in [0.15, 0.2) is 12.5 Å². The second kappa shape index (κ2) is 3.30. The van der Waals surface area contributed by atoms with Gasteiger partial charge >= 0.3 is 0 Å². The summed E-state index contributed by atoms with van der Waals surface area (Å²) in [4.78, 5) is 8.48. The molecule has 5 nitrogen and oxygen atoms in total. The van der Waals surface area contributed by atoms with E-state index in [1.807, 2.05) is 11.6 Å². The zero-order valence-corrected chi connectivity index (χ0v) is 9.16. The van der Waals surface area contributed by atoms with Gasteiger partial charge in [0.25, 0.3) is 0 Å². The Balaban J connectivity index is 1.86. The van der Waals surface area contributed by atoms with E-state index in [9.17, 15) is 0 Å². The third-order valence-corrected chi connectivity index (χ3v) is 3.02. The maximum Gasteiger partial charge on any atom is 0.203 e. The van der Waals surface area contributed by atoms with Crippen LogP contribution in [0.3, 0.4) is 0 Å². The molecule has 0 bridgehead atoms. The van der Waals surface area contributed by atoms with Crippen LogP contribution in [0, 0.1) is 0 Å². The summed E-state index contributed by atoms with van der Waals surface area (Å²) in [5.41, 5.74) is 0.954. The molecule has 2 heterocycles. The largest absolute Gasteiger partial charge is 0.358 e. The lowest BCUT2D eigenvalue weighted by Crippen LogP contribution is -1.99.